The van der Waals surface area contributed by atoms with Gasteiger partial charge in [-0.15, -0.1) is 0 Å². The van der Waals surface area contributed by atoms with Gasteiger partial charge in [-0.3, -0.25) is 9.59 Å². The molecule has 3 aromatic carbocycles. The van der Waals surface area contributed by atoms with Crippen LogP contribution in [-0.2, 0) is 9.47 Å². The van der Waals surface area contributed by atoms with E-state index in [0.29, 0.717) is 29.3 Å². The summed E-state index contributed by atoms with van der Waals surface area (Å²) in [6.45, 7) is 3.92. The van der Waals surface area contributed by atoms with Crippen LogP contribution in [0.4, 0.5) is 8.78 Å². The van der Waals surface area contributed by atoms with Gasteiger partial charge < -0.3 is 14.5 Å². The number of imidazole rings is 1. The third-order valence-corrected chi connectivity index (χ3v) is 5.90. The van der Waals surface area contributed by atoms with Crippen molar-refractivity contribution < 1.29 is 27.8 Å². The summed E-state index contributed by atoms with van der Waals surface area (Å²) in [7, 11) is 0. The quantitative estimate of drug-likeness (QED) is 0.293. The van der Waals surface area contributed by atoms with Gasteiger partial charge in [-0.2, -0.15) is 0 Å². The number of nitrogens with zero attached hydrogens (tertiary/aromatic N) is 1. The highest BCUT2D eigenvalue weighted by molar-refractivity contribution is 6.19. The van der Waals surface area contributed by atoms with E-state index in [4.69, 9.17) is 9.47 Å². The lowest BCUT2D eigenvalue weighted by Crippen LogP contribution is -2.24. The first-order valence-electron chi connectivity index (χ1n) is 11.1. The lowest BCUT2D eigenvalue weighted by Gasteiger charge is -2.18. The van der Waals surface area contributed by atoms with Crippen LogP contribution in [0.2, 0.25) is 0 Å². The summed E-state index contributed by atoms with van der Waals surface area (Å²) in [4.78, 5) is 34.7. The normalized spacial score (nSPS) is 18.0. The van der Waals surface area contributed by atoms with Crippen LogP contribution in [0.5, 0.6) is 0 Å². The van der Waals surface area contributed by atoms with E-state index in [1.165, 1.54) is 0 Å². The highest BCUT2D eigenvalue weighted by atomic mass is 19.1. The number of Topliss-reactive ketones (excluding diaryl/α,β-unsaturated/α-hetero) is 2. The van der Waals surface area contributed by atoms with E-state index >= 15 is 0 Å². The minimum Gasteiger partial charge on any atom is -0.347 e. The van der Waals surface area contributed by atoms with E-state index in [0.717, 1.165) is 12.1 Å². The number of benzene rings is 3. The summed E-state index contributed by atoms with van der Waals surface area (Å²) < 4.78 is 39.3. The number of ether oxygens (including phenoxy) is 2. The Balaban J connectivity index is 1.57. The van der Waals surface area contributed by atoms with Crippen molar-refractivity contribution in [2.24, 2.45) is 0 Å². The fourth-order valence-corrected chi connectivity index (χ4v) is 4.25. The third kappa shape index (κ3) is 4.62. The lowest BCUT2D eigenvalue weighted by molar-refractivity contribution is -0.139. The van der Waals surface area contributed by atoms with Crippen molar-refractivity contribution in [1.82, 2.24) is 9.97 Å². The standard InChI is InChI=1S/C27H22F2N2O4/c1-27(2)34-14-22(35-27)15-6-5-7-16(10-15)24(32)23(25(33)17-11-18(28)13-19(29)12-17)26-30-20-8-3-4-9-21(20)31-26/h3-13,22-23H,14H2,1-2H3,(H,30,31). The summed E-state index contributed by atoms with van der Waals surface area (Å²) in [6, 6.07) is 16.3. The maximum absolute atomic E-state index is 13.9. The molecule has 2 atom stereocenters. The van der Waals surface area contributed by atoms with Crippen LogP contribution in [0.25, 0.3) is 11.0 Å². The number of carbonyl (C=O) groups excluding carboxylic acids is 2. The van der Waals surface area contributed by atoms with Crippen LogP contribution in [0.1, 0.15) is 58.0 Å². The van der Waals surface area contributed by atoms with Gasteiger partial charge in [-0.05, 0) is 49.7 Å². The zero-order chi connectivity index (χ0) is 24.7. The lowest BCUT2D eigenvalue weighted by atomic mass is 9.88. The Labute approximate surface area is 199 Å². The van der Waals surface area contributed by atoms with Crippen molar-refractivity contribution in [2.45, 2.75) is 31.7 Å². The summed E-state index contributed by atoms with van der Waals surface area (Å²) in [6.07, 6.45) is -0.379. The smallest absolute Gasteiger partial charge is 0.181 e. The molecule has 0 radical (unpaired) electrons. The summed E-state index contributed by atoms with van der Waals surface area (Å²) >= 11 is 0. The Morgan fingerprint density at radius 2 is 1.69 bits per heavy atom. The minimum atomic E-state index is -1.43. The second-order valence-corrected chi connectivity index (χ2v) is 8.90. The van der Waals surface area contributed by atoms with E-state index in [2.05, 4.69) is 9.97 Å². The number of fused-ring (bicyclic) bond motifs is 1. The molecule has 0 amide bonds. The largest absolute Gasteiger partial charge is 0.347 e. The third-order valence-electron chi connectivity index (χ3n) is 5.90. The van der Waals surface area contributed by atoms with Crippen LogP contribution < -0.4 is 0 Å². The number of H-pyrrole nitrogens is 1. The molecule has 4 aromatic rings. The zero-order valence-corrected chi connectivity index (χ0v) is 19.0. The molecule has 0 bridgehead atoms. The highest BCUT2D eigenvalue weighted by Crippen LogP contribution is 2.34. The first-order chi connectivity index (χ1) is 16.7. The molecule has 1 aromatic heterocycles. The SMILES string of the molecule is CC1(C)OCC(c2cccc(C(=O)C(C(=O)c3cc(F)cc(F)c3)c3nc4ccccc4[nH]3)c2)O1. The van der Waals surface area contributed by atoms with Gasteiger partial charge in [-0.1, -0.05) is 30.3 Å². The maximum Gasteiger partial charge on any atom is 0.181 e. The molecule has 0 spiro atoms. The number of aromatic amines is 1. The molecule has 1 aliphatic heterocycles. The van der Waals surface area contributed by atoms with Crippen molar-refractivity contribution in [3.63, 3.8) is 0 Å². The van der Waals surface area contributed by atoms with E-state index in [1.54, 1.807) is 56.3 Å². The van der Waals surface area contributed by atoms with Gasteiger partial charge in [0.2, 0.25) is 0 Å². The van der Waals surface area contributed by atoms with Crippen molar-refractivity contribution in [1.29, 1.82) is 0 Å². The average Bonchev–Trinajstić information content (AvgIpc) is 3.41. The van der Waals surface area contributed by atoms with Crippen LogP contribution in [0, 0.1) is 11.6 Å². The van der Waals surface area contributed by atoms with E-state index in [-0.39, 0.29) is 23.1 Å². The maximum atomic E-state index is 13.9. The molecule has 35 heavy (non-hydrogen) atoms. The van der Waals surface area contributed by atoms with E-state index < -0.39 is 34.9 Å². The monoisotopic (exact) mass is 476 g/mol. The molecule has 8 heteroatoms. The molecule has 0 saturated carbocycles. The fraction of sp³-hybridized carbons (Fsp3) is 0.222. The number of hydrogen-bond acceptors (Lipinski definition) is 5. The predicted molar refractivity (Wildman–Crippen MR) is 124 cm³/mol. The van der Waals surface area contributed by atoms with Crippen LogP contribution in [-0.4, -0.2) is 33.9 Å². The molecule has 2 unspecified atom stereocenters. The van der Waals surface area contributed by atoms with Crippen LogP contribution in [0.3, 0.4) is 0 Å². The molecule has 2 heterocycles. The second kappa shape index (κ2) is 8.79. The van der Waals surface area contributed by atoms with Gasteiger partial charge in [0.25, 0.3) is 0 Å². The van der Waals surface area contributed by atoms with Gasteiger partial charge in [0.15, 0.2) is 17.4 Å². The average molecular weight is 476 g/mol. The second-order valence-electron chi connectivity index (χ2n) is 8.90. The molecule has 0 aliphatic carbocycles. The van der Waals surface area contributed by atoms with Crippen molar-refractivity contribution in [3.8, 4) is 0 Å². The Hall–Kier alpha value is -3.75. The Kier molecular flexibility index (Phi) is 5.78. The molecule has 1 saturated heterocycles. The number of rotatable bonds is 6. The van der Waals surface area contributed by atoms with Crippen LogP contribution in [0.15, 0.2) is 66.7 Å². The summed E-state index contributed by atoms with van der Waals surface area (Å²) in [5.41, 5.74) is 1.89. The number of para-hydroxylation sites is 2. The molecule has 6 nitrogen and oxygen atoms in total. The van der Waals surface area contributed by atoms with Gasteiger partial charge in [0.1, 0.15) is 29.5 Å². The zero-order valence-electron chi connectivity index (χ0n) is 19.0. The number of ketones is 2. The number of halogens is 2. The predicted octanol–water partition coefficient (Wildman–Crippen LogP) is 5.51. The Morgan fingerprint density at radius 3 is 2.37 bits per heavy atom. The number of nitrogens with one attached hydrogen (secondary N) is 1. The van der Waals surface area contributed by atoms with Gasteiger partial charge in [0.05, 0.1) is 17.6 Å². The summed E-state index contributed by atoms with van der Waals surface area (Å²) in [5.74, 6) is -5.23. The first-order valence-corrected chi connectivity index (χ1v) is 11.1. The molecule has 178 valence electrons. The summed E-state index contributed by atoms with van der Waals surface area (Å²) in [5, 5.41) is 0. The molecule has 1 N–H and O–H groups in total. The topological polar surface area (TPSA) is 81.3 Å². The number of hydrogen-bond donors (Lipinski definition) is 1. The number of carbonyl (C=O) groups is 2. The van der Waals surface area contributed by atoms with Crippen molar-refractivity contribution in [2.75, 3.05) is 6.61 Å². The first kappa shape index (κ1) is 23.0. The van der Waals surface area contributed by atoms with Gasteiger partial charge in [-0.25, -0.2) is 13.8 Å². The Morgan fingerprint density at radius 1 is 0.971 bits per heavy atom. The van der Waals surface area contributed by atoms with Gasteiger partial charge >= 0.3 is 0 Å². The van der Waals surface area contributed by atoms with Gasteiger partial charge in [0, 0.05) is 17.2 Å². The van der Waals surface area contributed by atoms with Crippen molar-refractivity contribution in [3.05, 3.63) is 101 Å². The molecular formula is C27H22F2N2O4. The molecule has 1 aliphatic rings. The number of aromatic nitrogens is 2. The fourth-order valence-electron chi connectivity index (χ4n) is 4.25. The minimum absolute atomic E-state index is 0.0952. The van der Waals surface area contributed by atoms with Crippen molar-refractivity contribution >= 4 is 22.6 Å². The molecule has 5 rings (SSSR count). The Bertz CT molecular complexity index is 1390. The van der Waals surface area contributed by atoms with Crippen LogP contribution >= 0.6 is 0 Å². The van der Waals surface area contributed by atoms with E-state index in [1.807, 2.05) is 6.07 Å². The molecular weight excluding hydrogens is 454 g/mol. The molecule has 1 fully saturated rings. The highest BCUT2D eigenvalue weighted by Gasteiger charge is 2.36. The van der Waals surface area contributed by atoms with E-state index in [9.17, 15) is 18.4 Å².